The van der Waals surface area contributed by atoms with Gasteiger partial charge in [0.25, 0.3) is 5.91 Å². The summed E-state index contributed by atoms with van der Waals surface area (Å²) in [6.07, 6.45) is 3.15. The van der Waals surface area contributed by atoms with E-state index in [4.69, 9.17) is 10.5 Å². The molecule has 7 heteroatoms. The van der Waals surface area contributed by atoms with Crippen molar-refractivity contribution in [2.24, 2.45) is 0 Å². The van der Waals surface area contributed by atoms with Crippen molar-refractivity contribution in [3.05, 3.63) is 42.0 Å². The molecule has 3 rings (SSSR count). The average molecular weight is 299 g/mol. The fourth-order valence-corrected chi connectivity index (χ4v) is 2.17. The Morgan fingerprint density at radius 3 is 2.68 bits per heavy atom. The maximum atomic E-state index is 12.2. The van der Waals surface area contributed by atoms with Crippen LogP contribution in [0.15, 0.2) is 36.4 Å². The van der Waals surface area contributed by atoms with Crippen LogP contribution in [0.5, 0.6) is 0 Å². The van der Waals surface area contributed by atoms with Crippen LogP contribution in [0.3, 0.4) is 0 Å². The van der Waals surface area contributed by atoms with Gasteiger partial charge in [0.1, 0.15) is 0 Å². The summed E-state index contributed by atoms with van der Waals surface area (Å²) in [6.45, 7) is 2.63. The van der Waals surface area contributed by atoms with Crippen LogP contribution in [0.2, 0.25) is 0 Å². The minimum absolute atomic E-state index is 0.0872. The maximum Gasteiger partial charge on any atom is 0.274 e. The van der Waals surface area contributed by atoms with Gasteiger partial charge < -0.3 is 15.4 Å². The third-order valence-corrected chi connectivity index (χ3v) is 3.34. The van der Waals surface area contributed by atoms with E-state index in [0.29, 0.717) is 32.3 Å². The van der Waals surface area contributed by atoms with Crippen molar-refractivity contribution in [1.82, 2.24) is 14.8 Å². The van der Waals surface area contributed by atoms with Gasteiger partial charge >= 0.3 is 0 Å². The number of ether oxygens (including phenoxy) is 1. The van der Waals surface area contributed by atoms with Gasteiger partial charge in [-0.15, -0.1) is 5.10 Å². The SMILES string of the molecule is Nc1nc(N2CCOCC2)nn1C(=O)/C=C/c1ccccc1. The quantitative estimate of drug-likeness (QED) is 0.853. The second-order valence-electron chi connectivity index (χ2n) is 4.86. The first-order chi connectivity index (χ1) is 10.7. The number of morpholine rings is 1. The Hall–Kier alpha value is -2.67. The predicted molar refractivity (Wildman–Crippen MR) is 83.6 cm³/mol. The number of carbonyl (C=O) groups is 1. The first kappa shape index (κ1) is 14.3. The molecule has 22 heavy (non-hydrogen) atoms. The predicted octanol–water partition coefficient (Wildman–Crippen LogP) is 1.05. The monoisotopic (exact) mass is 299 g/mol. The van der Waals surface area contributed by atoms with Gasteiger partial charge in [-0.3, -0.25) is 4.79 Å². The normalized spacial score (nSPS) is 15.4. The van der Waals surface area contributed by atoms with Gasteiger partial charge in [-0.05, 0) is 11.6 Å². The molecule has 0 spiro atoms. The molecule has 2 aromatic rings. The third kappa shape index (κ3) is 3.15. The van der Waals surface area contributed by atoms with Crippen molar-refractivity contribution in [2.75, 3.05) is 36.9 Å². The zero-order valence-corrected chi connectivity index (χ0v) is 12.1. The zero-order chi connectivity index (χ0) is 15.4. The minimum Gasteiger partial charge on any atom is -0.378 e. The molecule has 1 fully saturated rings. The lowest BCUT2D eigenvalue weighted by Gasteiger charge is -2.25. The van der Waals surface area contributed by atoms with E-state index in [0.717, 1.165) is 10.2 Å². The number of nitrogen functional groups attached to an aromatic ring is 1. The summed E-state index contributed by atoms with van der Waals surface area (Å²) in [5, 5.41) is 4.20. The van der Waals surface area contributed by atoms with Gasteiger partial charge in [-0.1, -0.05) is 30.3 Å². The second kappa shape index (κ2) is 6.40. The Kier molecular flexibility index (Phi) is 4.15. The van der Waals surface area contributed by atoms with Crippen LogP contribution < -0.4 is 10.6 Å². The van der Waals surface area contributed by atoms with Crippen LogP contribution >= 0.6 is 0 Å². The van der Waals surface area contributed by atoms with Crippen molar-refractivity contribution in [3.8, 4) is 0 Å². The number of anilines is 2. The molecular weight excluding hydrogens is 282 g/mol. The summed E-state index contributed by atoms with van der Waals surface area (Å²) in [4.78, 5) is 18.3. The van der Waals surface area contributed by atoms with E-state index in [1.807, 2.05) is 35.2 Å². The largest absolute Gasteiger partial charge is 0.378 e. The van der Waals surface area contributed by atoms with Crippen molar-refractivity contribution >= 4 is 23.9 Å². The molecule has 114 valence electrons. The van der Waals surface area contributed by atoms with Crippen LogP contribution in [-0.2, 0) is 4.74 Å². The molecule has 0 atom stereocenters. The van der Waals surface area contributed by atoms with Crippen LogP contribution in [0, 0.1) is 0 Å². The number of hydrogen-bond acceptors (Lipinski definition) is 6. The molecule has 1 aromatic carbocycles. The molecule has 0 saturated carbocycles. The summed E-state index contributed by atoms with van der Waals surface area (Å²) < 4.78 is 6.40. The van der Waals surface area contributed by atoms with E-state index in [-0.39, 0.29) is 11.9 Å². The fraction of sp³-hybridized carbons (Fsp3) is 0.267. The second-order valence-corrected chi connectivity index (χ2v) is 4.86. The van der Waals surface area contributed by atoms with Crippen LogP contribution in [-0.4, -0.2) is 47.0 Å². The van der Waals surface area contributed by atoms with Gasteiger partial charge in [-0.2, -0.15) is 9.67 Å². The number of nitrogens with two attached hydrogens (primary N) is 1. The van der Waals surface area contributed by atoms with Gasteiger partial charge in [0.05, 0.1) is 13.2 Å². The highest BCUT2D eigenvalue weighted by Gasteiger charge is 2.19. The molecule has 2 N–H and O–H groups in total. The molecule has 7 nitrogen and oxygen atoms in total. The fourth-order valence-electron chi connectivity index (χ4n) is 2.17. The Morgan fingerprint density at radius 2 is 1.95 bits per heavy atom. The van der Waals surface area contributed by atoms with Crippen molar-refractivity contribution in [2.45, 2.75) is 0 Å². The Bertz CT molecular complexity index is 674. The van der Waals surface area contributed by atoms with E-state index in [1.54, 1.807) is 6.08 Å². The first-order valence-corrected chi connectivity index (χ1v) is 7.07. The lowest BCUT2D eigenvalue weighted by molar-refractivity contribution is 0.0957. The van der Waals surface area contributed by atoms with Gasteiger partial charge in [0.15, 0.2) is 0 Å². The van der Waals surface area contributed by atoms with E-state index >= 15 is 0 Å². The van der Waals surface area contributed by atoms with Crippen LogP contribution in [0.4, 0.5) is 11.9 Å². The molecule has 2 heterocycles. The highest BCUT2D eigenvalue weighted by molar-refractivity contribution is 5.94. The summed E-state index contributed by atoms with van der Waals surface area (Å²) in [7, 11) is 0. The first-order valence-electron chi connectivity index (χ1n) is 7.07. The molecule has 0 radical (unpaired) electrons. The topological polar surface area (TPSA) is 86.3 Å². The molecule has 0 aliphatic carbocycles. The number of aromatic nitrogens is 3. The molecule has 1 saturated heterocycles. The van der Waals surface area contributed by atoms with Gasteiger partial charge in [0.2, 0.25) is 11.9 Å². The van der Waals surface area contributed by atoms with Crippen molar-refractivity contribution < 1.29 is 9.53 Å². The molecular formula is C15H17N5O2. The number of rotatable bonds is 3. The van der Waals surface area contributed by atoms with Crippen molar-refractivity contribution in [3.63, 3.8) is 0 Å². The van der Waals surface area contributed by atoms with Crippen LogP contribution in [0.25, 0.3) is 6.08 Å². The van der Waals surface area contributed by atoms with Gasteiger partial charge in [-0.25, -0.2) is 0 Å². The number of allylic oxidation sites excluding steroid dienone is 1. The van der Waals surface area contributed by atoms with E-state index in [1.165, 1.54) is 6.08 Å². The Morgan fingerprint density at radius 1 is 1.23 bits per heavy atom. The highest BCUT2D eigenvalue weighted by atomic mass is 16.5. The summed E-state index contributed by atoms with van der Waals surface area (Å²) in [5.41, 5.74) is 6.73. The number of nitrogens with zero attached hydrogens (tertiary/aromatic N) is 4. The molecule has 0 unspecified atom stereocenters. The molecule has 1 aliphatic heterocycles. The summed E-state index contributed by atoms with van der Waals surface area (Å²) >= 11 is 0. The van der Waals surface area contributed by atoms with Gasteiger partial charge in [0, 0.05) is 19.2 Å². The Balaban J connectivity index is 1.75. The maximum absolute atomic E-state index is 12.2. The minimum atomic E-state index is -0.326. The number of hydrogen-bond donors (Lipinski definition) is 1. The summed E-state index contributed by atoms with van der Waals surface area (Å²) in [6, 6.07) is 9.56. The highest BCUT2D eigenvalue weighted by Crippen LogP contribution is 2.13. The molecule has 0 bridgehead atoms. The number of benzene rings is 1. The number of carbonyl (C=O) groups excluding carboxylic acids is 1. The lowest BCUT2D eigenvalue weighted by atomic mass is 10.2. The third-order valence-electron chi connectivity index (χ3n) is 3.34. The zero-order valence-electron chi connectivity index (χ0n) is 12.1. The average Bonchev–Trinajstić information content (AvgIpc) is 2.96. The standard InChI is InChI=1S/C15H17N5O2/c16-14-17-15(19-8-10-22-11-9-19)18-20(14)13(21)7-6-12-4-2-1-3-5-12/h1-7H,8-11H2,(H2,16,17,18)/b7-6+. The van der Waals surface area contributed by atoms with E-state index in [2.05, 4.69) is 10.1 Å². The van der Waals surface area contributed by atoms with Crippen LogP contribution in [0.1, 0.15) is 10.4 Å². The van der Waals surface area contributed by atoms with E-state index in [9.17, 15) is 4.79 Å². The molecule has 1 aliphatic rings. The Labute approximate surface area is 128 Å². The molecule has 0 amide bonds. The molecule has 1 aromatic heterocycles. The smallest absolute Gasteiger partial charge is 0.274 e. The van der Waals surface area contributed by atoms with Crippen molar-refractivity contribution in [1.29, 1.82) is 0 Å². The van der Waals surface area contributed by atoms with E-state index < -0.39 is 0 Å². The lowest BCUT2D eigenvalue weighted by Crippen LogP contribution is -2.37. The summed E-state index contributed by atoms with van der Waals surface area (Å²) in [5.74, 6) is 0.222.